The molecule has 0 unspecified atom stereocenters. The van der Waals surface area contributed by atoms with E-state index in [2.05, 4.69) is 32.9 Å². The molecular formula is C14H13IN2O. The van der Waals surface area contributed by atoms with E-state index in [9.17, 15) is 4.79 Å². The standard InChI is InChI=1S/C14H13IN2O/c1-10-3-2-8-16-13(10)9-17-14(18)11-4-6-12(15)7-5-11/h2-8H,9H2,1H3,(H,17,18). The molecule has 1 N–H and O–H groups in total. The number of benzene rings is 1. The monoisotopic (exact) mass is 352 g/mol. The Bertz CT molecular complexity index is 552. The van der Waals surface area contributed by atoms with Gasteiger partial charge in [0.05, 0.1) is 12.2 Å². The number of aromatic nitrogens is 1. The SMILES string of the molecule is Cc1cccnc1CNC(=O)c1ccc(I)cc1. The molecule has 18 heavy (non-hydrogen) atoms. The van der Waals surface area contributed by atoms with E-state index in [-0.39, 0.29) is 5.91 Å². The molecule has 0 aliphatic rings. The second-order valence-electron chi connectivity index (χ2n) is 3.96. The normalized spacial score (nSPS) is 10.1. The number of pyridine rings is 1. The molecule has 2 rings (SSSR count). The zero-order chi connectivity index (χ0) is 13.0. The summed E-state index contributed by atoms with van der Waals surface area (Å²) in [6.45, 7) is 2.44. The number of carbonyl (C=O) groups excluding carboxylic acids is 1. The van der Waals surface area contributed by atoms with Crippen LogP contribution < -0.4 is 5.32 Å². The molecule has 0 spiro atoms. The maximum atomic E-state index is 11.9. The van der Waals surface area contributed by atoms with Gasteiger partial charge in [-0.3, -0.25) is 9.78 Å². The van der Waals surface area contributed by atoms with Crippen molar-refractivity contribution in [3.8, 4) is 0 Å². The zero-order valence-corrected chi connectivity index (χ0v) is 12.1. The van der Waals surface area contributed by atoms with Crippen LogP contribution >= 0.6 is 22.6 Å². The maximum Gasteiger partial charge on any atom is 0.251 e. The highest BCUT2D eigenvalue weighted by atomic mass is 127. The first-order valence-electron chi connectivity index (χ1n) is 5.61. The van der Waals surface area contributed by atoms with Crippen LogP contribution in [0.4, 0.5) is 0 Å². The minimum absolute atomic E-state index is 0.0727. The van der Waals surface area contributed by atoms with Gasteiger partial charge in [-0.15, -0.1) is 0 Å². The number of nitrogens with one attached hydrogen (secondary N) is 1. The van der Waals surface area contributed by atoms with Gasteiger partial charge < -0.3 is 5.32 Å². The first-order chi connectivity index (χ1) is 8.66. The van der Waals surface area contributed by atoms with Crippen molar-refractivity contribution in [2.24, 2.45) is 0 Å². The number of halogens is 1. The van der Waals surface area contributed by atoms with Gasteiger partial charge in [0.1, 0.15) is 0 Å². The minimum atomic E-state index is -0.0727. The summed E-state index contributed by atoms with van der Waals surface area (Å²) in [5.41, 5.74) is 2.65. The first kappa shape index (κ1) is 13.0. The Kier molecular flexibility index (Phi) is 4.30. The van der Waals surface area contributed by atoms with Crippen molar-refractivity contribution in [3.05, 3.63) is 63.0 Å². The second-order valence-corrected chi connectivity index (χ2v) is 5.20. The molecule has 1 heterocycles. The van der Waals surface area contributed by atoms with Gasteiger partial charge >= 0.3 is 0 Å². The quantitative estimate of drug-likeness (QED) is 0.864. The number of nitrogens with zero attached hydrogens (tertiary/aromatic N) is 1. The van der Waals surface area contributed by atoms with Gasteiger partial charge in [-0.25, -0.2) is 0 Å². The molecule has 4 heteroatoms. The summed E-state index contributed by atoms with van der Waals surface area (Å²) in [5, 5.41) is 2.87. The van der Waals surface area contributed by atoms with E-state index in [0.717, 1.165) is 14.8 Å². The third-order valence-corrected chi connectivity index (χ3v) is 3.36. The van der Waals surface area contributed by atoms with E-state index < -0.39 is 0 Å². The number of amides is 1. The summed E-state index contributed by atoms with van der Waals surface area (Å²) in [6, 6.07) is 11.4. The van der Waals surface area contributed by atoms with Crippen molar-refractivity contribution < 1.29 is 4.79 Å². The third kappa shape index (κ3) is 3.29. The van der Waals surface area contributed by atoms with Crippen molar-refractivity contribution in [1.29, 1.82) is 0 Å². The lowest BCUT2D eigenvalue weighted by Crippen LogP contribution is -2.23. The molecule has 1 aromatic heterocycles. The number of carbonyl (C=O) groups is 1. The fraction of sp³-hybridized carbons (Fsp3) is 0.143. The fourth-order valence-electron chi connectivity index (χ4n) is 1.57. The summed E-state index contributed by atoms with van der Waals surface area (Å²) in [6.07, 6.45) is 1.74. The number of hydrogen-bond donors (Lipinski definition) is 1. The van der Waals surface area contributed by atoms with E-state index in [4.69, 9.17) is 0 Å². The van der Waals surface area contributed by atoms with E-state index >= 15 is 0 Å². The molecule has 0 fully saturated rings. The van der Waals surface area contributed by atoms with E-state index in [1.54, 1.807) is 6.20 Å². The molecule has 2 aromatic rings. The van der Waals surface area contributed by atoms with Crippen molar-refractivity contribution in [2.75, 3.05) is 0 Å². The average Bonchev–Trinajstić information content (AvgIpc) is 2.38. The molecule has 0 aliphatic heterocycles. The number of rotatable bonds is 3. The molecule has 1 aromatic carbocycles. The van der Waals surface area contributed by atoms with Crippen molar-refractivity contribution in [1.82, 2.24) is 10.3 Å². The smallest absolute Gasteiger partial charge is 0.251 e. The van der Waals surface area contributed by atoms with Crippen LogP contribution in [0.3, 0.4) is 0 Å². The minimum Gasteiger partial charge on any atom is -0.346 e. The fourth-order valence-corrected chi connectivity index (χ4v) is 1.93. The van der Waals surface area contributed by atoms with Crippen LogP contribution in [0.25, 0.3) is 0 Å². The van der Waals surface area contributed by atoms with Crippen LogP contribution in [0.15, 0.2) is 42.6 Å². The number of aryl methyl sites for hydroxylation is 1. The topological polar surface area (TPSA) is 42.0 Å². The highest BCUT2D eigenvalue weighted by molar-refractivity contribution is 14.1. The van der Waals surface area contributed by atoms with Crippen molar-refractivity contribution in [2.45, 2.75) is 13.5 Å². The van der Waals surface area contributed by atoms with Gasteiger partial charge in [-0.2, -0.15) is 0 Å². The largest absolute Gasteiger partial charge is 0.346 e. The molecule has 0 radical (unpaired) electrons. The lowest BCUT2D eigenvalue weighted by atomic mass is 10.2. The van der Waals surface area contributed by atoms with Gasteiger partial charge in [0.2, 0.25) is 0 Å². The Labute approximate surface area is 120 Å². The molecule has 0 atom stereocenters. The first-order valence-corrected chi connectivity index (χ1v) is 6.69. The predicted octanol–water partition coefficient (Wildman–Crippen LogP) is 2.92. The van der Waals surface area contributed by atoms with Gasteiger partial charge in [-0.1, -0.05) is 6.07 Å². The predicted molar refractivity (Wildman–Crippen MR) is 79.3 cm³/mol. The van der Waals surface area contributed by atoms with Crippen LogP contribution in [-0.4, -0.2) is 10.9 Å². The Morgan fingerprint density at radius 2 is 2.00 bits per heavy atom. The molecule has 1 amide bonds. The van der Waals surface area contributed by atoms with E-state index in [1.807, 2.05) is 43.3 Å². The Morgan fingerprint density at radius 1 is 1.28 bits per heavy atom. The molecule has 0 saturated carbocycles. The highest BCUT2D eigenvalue weighted by Gasteiger charge is 2.06. The van der Waals surface area contributed by atoms with Crippen LogP contribution in [0.5, 0.6) is 0 Å². The molecule has 3 nitrogen and oxygen atoms in total. The van der Waals surface area contributed by atoms with Crippen molar-refractivity contribution >= 4 is 28.5 Å². The Balaban J connectivity index is 2.01. The van der Waals surface area contributed by atoms with Gasteiger partial charge in [-0.05, 0) is 65.4 Å². The maximum absolute atomic E-state index is 11.9. The van der Waals surface area contributed by atoms with Crippen LogP contribution in [0.2, 0.25) is 0 Å². The molecular weight excluding hydrogens is 339 g/mol. The van der Waals surface area contributed by atoms with Gasteiger partial charge in [0.15, 0.2) is 0 Å². The second kappa shape index (κ2) is 5.95. The lowest BCUT2D eigenvalue weighted by molar-refractivity contribution is 0.0950. The average molecular weight is 352 g/mol. The van der Waals surface area contributed by atoms with Crippen LogP contribution in [-0.2, 0) is 6.54 Å². The van der Waals surface area contributed by atoms with E-state index in [1.165, 1.54) is 0 Å². The third-order valence-electron chi connectivity index (χ3n) is 2.64. The summed E-state index contributed by atoms with van der Waals surface area (Å²) in [5.74, 6) is -0.0727. The number of hydrogen-bond acceptors (Lipinski definition) is 2. The lowest BCUT2D eigenvalue weighted by Gasteiger charge is -2.07. The summed E-state index contributed by atoms with van der Waals surface area (Å²) >= 11 is 2.21. The van der Waals surface area contributed by atoms with Crippen LogP contribution in [0.1, 0.15) is 21.6 Å². The van der Waals surface area contributed by atoms with E-state index in [0.29, 0.717) is 12.1 Å². The molecule has 0 aliphatic carbocycles. The molecule has 0 saturated heterocycles. The molecule has 0 bridgehead atoms. The highest BCUT2D eigenvalue weighted by Crippen LogP contribution is 2.07. The van der Waals surface area contributed by atoms with Crippen molar-refractivity contribution in [3.63, 3.8) is 0 Å². The molecule has 92 valence electrons. The van der Waals surface area contributed by atoms with Crippen LogP contribution in [0, 0.1) is 10.5 Å². The summed E-state index contributed by atoms with van der Waals surface area (Å²) < 4.78 is 1.12. The van der Waals surface area contributed by atoms with Gasteiger partial charge in [0, 0.05) is 15.3 Å². The van der Waals surface area contributed by atoms with Gasteiger partial charge in [0.25, 0.3) is 5.91 Å². The zero-order valence-electron chi connectivity index (χ0n) is 9.98. The Hall–Kier alpha value is -1.43. The summed E-state index contributed by atoms with van der Waals surface area (Å²) in [7, 11) is 0. The summed E-state index contributed by atoms with van der Waals surface area (Å²) in [4.78, 5) is 16.1. The Morgan fingerprint density at radius 3 is 2.67 bits per heavy atom.